The summed E-state index contributed by atoms with van der Waals surface area (Å²) in [6, 6.07) is 15.3. The van der Waals surface area contributed by atoms with Crippen LogP contribution in [0.3, 0.4) is 0 Å². The number of hydrogen-bond donors (Lipinski definition) is 1. The molecule has 1 aliphatic heterocycles. The summed E-state index contributed by atoms with van der Waals surface area (Å²) in [5.41, 5.74) is 0. The van der Waals surface area contributed by atoms with Gasteiger partial charge >= 0.3 is 0 Å². The van der Waals surface area contributed by atoms with E-state index in [1.54, 1.807) is 12.1 Å². The Labute approximate surface area is 156 Å². The minimum absolute atomic E-state index is 0.0408. The maximum atomic E-state index is 13.4. The molecule has 2 amide bonds. The van der Waals surface area contributed by atoms with Gasteiger partial charge in [-0.2, -0.15) is 0 Å². The molecule has 1 N–H and O–H groups in total. The minimum atomic E-state index is -0.510. The number of benzene rings is 2. The Bertz CT molecular complexity index is 779. The second-order valence-electron chi connectivity index (χ2n) is 6.17. The van der Waals surface area contributed by atoms with Crippen molar-refractivity contribution in [1.82, 2.24) is 10.2 Å². The van der Waals surface area contributed by atoms with Crippen molar-refractivity contribution in [3.8, 4) is 11.5 Å². The number of hydrogen-bond acceptors (Lipinski definition) is 4. The number of carbonyl (C=O) groups is 2. The highest BCUT2D eigenvalue weighted by Gasteiger charge is 2.35. The molecule has 7 heteroatoms. The monoisotopic (exact) mass is 372 g/mol. The second-order valence-corrected chi connectivity index (χ2v) is 6.17. The molecule has 0 saturated carbocycles. The van der Waals surface area contributed by atoms with Gasteiger partial charge in [0, 0.05) is 13.1 Å². The van der Waals surface area contributed by atoms with Crippen molar-refractivity contribution in [2.75, 3.05) is 32.8 Å². The average molecular weight is 372 g/mol. The van der Waals surface area contributed by atoms with Crippen LogP contribution in [0, 0.1) is 11.7 Å². The first kappa shape index (κ1) is 18.7. The Morgan fingerprint density at radius 3 is 2.48 bits per heavy atom. The maximum Gasteiger partial charge on any atom is 0.260 e. The molecule has 142 valence electrons. The molecular weight excluding hydrogens is 351 g/mol. The van der Waals surface area contributed by atoms with Crippen LogP contribution < -0.4 is 14.8 Å². The van der Waals surface area contributed by atoms with Crippen molar-refractivity contribution in [3.63, 3.8) is 0 Å². The van der Waals surface area contributed by atoms with Gasteiger partial charge in [-0.1, -0.05) is 30.3 Å². The number of carbonyl (C=O) groups excluding carboxylic acids is 2. The van der Waals surface area contributed by atoms with Gasteiger partial charge in [0.2, 0.25) is 5.91 Å². The lowest BCUT2D eigenvalue weighted by Gasteiger charge is -2.38. The molecular formula is C20H21FN2O4. The van der Waals surface area contributed by atoms with Crippen molar-refractivity contribution in [2.45, 2.75) is 0 Å². The highest BCUT2D eigenvalue weighted by molar-refractivity contribution is 5.85. The largest absolute Gasteiger partial charge is 0.492 e. The van der Waals surface area contributed by atoms with Crippen LogP contribution in [-0.4, -0.2) is 49.6 Å². The van der Waals surface area contributed by atoms with E-state index < -0.39 is 5.82 Å². The third-order valence-electron chi connectivity index (χ3n) is 4.21. The number of para-hydroxylation sites is 2. The molecule has 0 atom stereocenters. The summed E-state index contributed by atoms with van der Waals surface area (Å²) < 4.78 is 24.1. The number of amides is 2. The molecule has 3 rings (SSSR count). The topological polar surface area (TPSA) is 67.9 Å². The van der Waals surface area contributed by atoms with Crippen LogP contribution in [0.25, 0.3) is 0 Å². The summed E-state index contributed by atoms with van der Waals surface area (Å²) in [6.45, 7) is 1.20. The van der Waals surface area contributed by atoms with E-state index in [2.05, 4.69) is 5.32 Å². The van der Waals surface area contributed by atoms with E-state index >= 15 is 0 Å². The predicted molar refractivity (Wildman–Crippen MR) is 96.9 cm³/mol. The molecule has 0 radical (unpaired) electrons. The fourth-order valence-electron chi connectivity index (χ4n) is 2.64. The van der Waals surface area contributed by atoms with E-state index in [9.17, 15) is 14.0 Å². The van der Waals surface area contributed by atoms with E-state index in [-0.39, 0.29) is 30.1 Å². The highest BCUT2D eigenvalue weighted by Crippen LogP contribution is 2.18. The van der Waals surface area contributed by atoms with Crippen LogP contribution in [0.5, 0.6) is 11.5 Å². The Balaban J connectivity index is 1.31. The smallest absolute Gasteiger partial charge is 0.260 e. The minimum Gasteiger partial charge on any atom is -0.492 e. The first-order valence-electron chi connectivity index (χ1n) is 8.74. The fraction of sp³-hybridized carbons (Fsp3) is 0.300. The number of nitrogens with zero attached hydrogens (tertiary/aromatic N) is 1. The number of nitrogens with one attached hydrogen (secondary N) is 1. The van der Waals surface area contributed by atoms with Crippen molar-refractivity contribution in [2.24, 2.45) is 5.92 Å². The van der Waals surface area contributed by atoms with Gasteiger partial charge in [0.25, 0.3) is 5.91 Å². The van der Waals surface area contributed by atoms with E-state index in [1.807, 2.05) is 30.3 Å². The van der Waals surface area contributed by atoms with E-state index in [0.717, 1.165) is 5.75 Å². The van der Waals surface area contributed by atoms with Gasteiger partial charge < -0.3 is 19.7 Å². The third kappa shape index (κ3) is 5.20. The number of likely N-dealkylation sites (tertiary alicyclic amines) is 1. The van der Waals surface area contributed by atoms with Crippen LogP contribution in [-0.2, 0) is 9.59 Å². The van der Waals surface area contributed by atoms with Crippen LogP contribution in [0.2, 0.25) is 0 Å². The van der Waals surface area contributed by atoms with E-state index in [0.29, 0.717) is 26.2 Å². The molecule has 0 unspecified atom stereocenters. The predicted octanol–water partition coefficient (Wildman–Crippen LogP) is 1.86. The standard InChI is InChI=1S/C20H21FN2O4/c21-17-8-4-5-9-18(17)27-14-19(24)23-12-15(13-23)20(25)22-10-11-26-16-6-2-1-3-7-16/h1-9,15H,10-14H2,(H,22,25). The van der Waals surface area contributed by atoms with Gasteiger partial charge in [-0.25, -0.2) is 4.39 Å². The number of rotatable bonds is 8. The zero-order valence-corrected chi connectivity index (χ0v) is 14.8. The Kier molecular flexibility index (Phi) is 6.25. The lowest BCUT2D eigenvalue weighted by atomic mass is 9.99. The summed E-state index contributed by atoms with van der Waals surface area (Å²) >= 11 is 0. The van der Waals surface area contributed by atoms with Gasteiger partial charge in [0.1, 0.15) is 12.4 Å². The van der Waals surface area contributed by atoms with Crippen LogP contribution in [0.15, 0.2) is 54.6 Å². The first-order valence-corrected chi connectivity index (χ1v) is 8.74. The van der Waals surface area contributed by atoms with Gasteiger partial charge in [0.15, 0.2) is 18.2 Å². The van der Waals surface area contributed by atoms with Gasteiger partial charge in [-0.15, -0.1) is 0 Å². The Morgan fingerprint density at radius 1 is 1.04 bits per heavy atom. The molecule has 2 aromatic carbocycles. The lowest BCUT2D eigenvalue weighted by Crippen LogP contribution is -2.57. The highest BCUT2D eigenvalue weighted by atomic mass is 19.1. The summed E-state index contributed by atoms with van der Waals surface area (Å²) in [5, 5.41) is 2.80. The summed E-state index contributed by atoms with van der Waals surface area (Å²) in [7, 11) is 0. The summed E-state index contributed by atoms with van der Waals surface area (Å²) in [6.07, 6.45) is 0. The molecule has 0 spiro atoms. The molecule has 1 aliphatic rings. The van der Waals surface area contributed by atoms with Crippen molar-refractivity contribution in [3.05, 3.63) is 60.4 Å². The van der Waals surface area contributed by atoms with Gasteiger partial charge in [0.05, 0.1) is 12.5 Å². The normalized spacial score (nSPS) is 13.6. The molecule has 6 nitrogen and oxygen atoms in total. The van der Waals surface area contributed by atoms with Gasteiger partial charge in [-0.05, 0) is 24.3 Å². The van der Waals surface area contributed by atoms with Crippen LogP contribution >= 0.6 is 0 Å². The van der Waals surface area contributed by atoms with Crippen LogP contribution in [0.1, 0.15) is 0 Å². The molecule has 1 fully saturated rings. The van der Waals surface area contributed by atoms with Crippen molar-refractivity contribution >= 4 is 11.8 Å². The van der Waals surface area contributed by atoms with Crippen LogP contribution in [0.4, 0.5) is 4.39 Å². The van der Waals surface area contributed by atoms with Gasteiger partial charge in [-0.3, -0.25) is 9.59 Å². The summed E-state index contributed by atoms with van der Waals surface area (Å²) in [4.78, 5) is 25.6. The van der Waals surface area contributed by atoms with Crippen molar-refractivity contribution in [1.29, 1.82) is 0 Å². The zero-order valence-electron chi connectivity index (χ0n) is 14.8. The molecule has 27 heavy (non-hydrogen) atoms. The zero-order chi connectivity index (χ0) is 19.1. The molecule has 1 saturated heterocycles. The fourth-order valence-corrected chi connectivity index (χ4v) is 2.64. The first-order chi connectivity index (χ1) is 13.1. The molecule has 2 aromatic rings. The Morgan fingerprint density at radius 2 is 1.74 bits per heavy atom. The molecule has 0 aliphatic carbocycles. The van der Waals surface area contributed by atoms with E-state index in [1.165, 1.54) is 17.0 Å². The summed E-state index contributed by atoms with van der Waals surface area (Å²) in [5.74, 6) is -0.329. The maximum absolute atomic E-state index is 13.4. The SMILES string of the molecule is O=C(NCCOc1ccccc1)C1CN(C(=O)COc2ccccc2F)C1. The average Bonchev–Trinajstić information content (AvgIpc) is 2.64. The quantitative estimate of drug-likeness (QED) is 0.719. The second kappa shape index (κ2) is 9.02. The van der Waals surface area contributed by atoms with E-state index in [4.69, 9.17) is 9.47 Å². The van der Waals surface area contributed by atoms with Crippen molar-refractivity contribution < 1.29 is 23.5 Å². The molecule has 0 bridgehead atoms. The molecule has 0 aromatic heterocycles. The molecule has 1 heterocycles. The number of halogens is 1. The third-order valence-corrected chi connectivity index (χ3v) is 4.21. The lowest BCUT2D eigenvalue weighted by molar-refractivity contribution is -0.144. The number of ether oxygens (including phenoxy) is 2. The Hall–Kier alpha value is -3.09.